The topological polar surface area (TPSA) is 120 Å². The van der Waals surface area contributed by atoms with E-state index in [1.807, 2.05) is 30.3 Å². The number of nitrogens with one attached hydrogen (secondary N) is 2. The molecule has 1 heterocycles. The Hall–Kier alpha value is -3.88. The number of fused-ring (bicyclic) bond motifs is 1. The van der Waals surface area contributed by atoms with Crippen molar-refractivity contribution in [3.63, 3.8) is 0 Å². The molecule has 0 saturated carbocycles. The van der Waals surface area contributed by atoms with Crippen LogP contribution in [0.5, 0.6) is 0 Å². The lowest BCUT2D eigenvalue weighted by molar-refractivity contribution is -0.148. The van der Waals surface area contributed by atoms with E-state index in [0.717, 1.165) is 5.56 Å². The quantitative estimate of drug-likeness (QED) is 0.547. The number of aryl methyl sites for hydroxylation is 1. The monoisotopic (exact) mass is 411 g/mol. The van der Waals surface area contributed by atoms with Gasteiger partial charge in [0.2, 0.25) is 0 Å². The fourth-order valence-corrected chi connectivity index (χ4v) is 2.81. The van der Waals surface area contributed by atoms with Gasteiger partial charge < -0.3 is 14.5 Å². The fourth-order valence-electron chi connectivity index (χ4n) is 2.81. The molecule has 2 N–H and O–H groups in total. The lowest BCUT2D eigenvalue weighted by atomic mass is 10.2. The summed E-state index contributed by atoms with van der Waals surface area (Å²) in [5, 5.41) is 4.62. The Labute approximate surface area is 171 Å². The van der Waals surface area contributed by atoms with Crippen LogP contribution in [0.1, 0.15) is 18.4 Å². The third kappa shape index (κ3) is 5.81. The van der Waals surface area contributed by atoms with Crippen LogP contribution in [-0.4, -0.2) is 29.1 Å². The maximum absolute atomic E-state index is 11.9. The Morgan fingerprint density at radius 3 is 2.53 bits per heavy atom. The largest absolute Gasteiger partial charge is 0.456 e. The van der Waals surface area contributed by atoms with Gasteiger partial charge in [-0.2, -0.15) is 0 Å². The first-order valence-electron chi connectivity index (χ1n) is 9.38. The average molecular weight is 411 g/mol. The van der Waals surface area contributed by atoms with E-state index in [4.69, 9.17) is 9.15 Å². The molecule has 3 aromatic rings. The molecule has 3 amide bonds. The number of para-hydroxylation sites is 2. The number of hydrogen-bond donors (Lipinski definition) is 2. The molecule has 9 heteroatoms. The average Bonchev–Trinajstić information content (AvgIpc) is 3.07. The number of hydrogen-bond acceptors (Lipinski definition) is 6. The first kappa shape index (κ1) is 20.8. The van der Waals surface area contributed by atoms with E-state index in [-0.39, 0.29) is 19.5 Å². The minimum Gasteiger partial charge on any atom is -0.456 e. The summed E-state index contributed by atoms with van der Waals surface area (Å²) >= 11 is 0. The summed E-state index contributed by atoms with van der Waals surface area (Å²) in [5.41, 5.74) is 2.01. The number of oxazole rings is 1. The number of amides is 3. The van der Waals surface area contributed by atoms with Gasteiger partial charge in [-0.3, -0.25) is 19.5 Å². The van der Waals surface area contributed by atoms with E-state index < -0.39 is 30.3 Å². The zero-order chi connectivity index (χ0) is 21.3. The van der Waals surface area contributed by atoms with Crippen molar-refractivity contribution in [2.24, 2.45) is 0 Å². The molecule has 9 nitrogen and oxygen atoms in total. The van der Waals surface area contributed by atoms with E-state index >= 15 is 0 Å². The standard InChI is InChI=1S/C21H21N3O6/c25-18(23-20(27)22-13-15-7-2-1-3-8-15)14-29-19(26)11-6-12-24-16-9-4-5-10-17(16)30-21(24)28/h1-5,7-10H,6,11-14H2,(H2,22,23,25,27). The van der Waals surface area contributed by atoms with Gasteiger partial charge >= 0.3 is 17.8 Å². The number of benzene rings is 2. The Bertz CT molecular complexity index is 1090. The van der Waals surface area contributed by atoms with Crippen molar-refractivity contribution in [3.05, 3.63) is 70.7 Å². The van der Waals surface area contributed by atoms with Gasteiger partial charge in [-0.25, -0.2) is 9.59 Å². The number of urea groups is 1. The van der Waals surface area contributed by atoms with Crippen LogP contribution in [-0.2, 0) is 27.4 Å². The van der Waals surface area contributed by atoms with Crippen molar-refractivity contribution in [3.8, 4) is 0 Å². The fraction of sp³-hybridized carbons (Fsp3) is 0.238. The van der Waals surface area contributed by atoms with Crippen LogP contribution < -0.4 is 16.4 Å². The normalized spacial score (nSPS) is 10.5. The van der Waals surface area contributed by atoms with E-state index in [9.17, 15) is 19.2 Å². The maximum Gasteiger partial charge on any atom is 0.419 e. The highest BCUT2D eigenvalue weighted by Gasteiger charge is 2.12. The number of ether oxygens (including phenoxy) is 1. The van der Waals surface area contributed by atoms with Crippen molar-refractivity contribution in [1.82, 2.24) is 15.2 Å². The van der Waals surface area contributed by atoms with Gasteiger partial charge in [0, 0.05) is 19.5 Å². The SMILES string of the molecule is O=C(COC(=O)CCCn1c(=O)oc2ccccc21)NC(=O)NCc1ccccc1. The molecule has 0 unspecified atom stereocenters. The number of aromatic nitrogens is 1. The Balaban J connectivity index is 1.35. The summed E-state index contributed by atoms with van der Waals surface area (Å²) in [4.78, 5) is 47.1. The van der Waals surface area contributed by atoms with Gasteiger partial charge in [-0.05, 0) is 24.1 Å². The van der Waals surface area contributed by atoms with Gasteiger partial charge in [0.1, 0.15) is 0 Å². The van der Waals surface area contributed by atoms with Gasteiger partial charge in [0.15, 0.2) is 12.2 Å². The van der Waals surface area contributed by atoms with Crippen LogP contribution in [0.25, 0.3) is 11.1 Å². The zero-order valence-corrected chi connectivity index (χ0v) is 16.1. The molecule has 1 aromatic heterocycles. The molecule has 2 aromatic carbocycles. The highest BCUT2D eigenvalue weighted by molar-refractivity contribution is 5.95. The van der Waals surface area contributed by atoms with Crippen LogP contribution >= 0.6 is 0 Å². The molecule has 156 valence electrons. The second kappa shape index (κ2) is 10.1. The van der Waals surface area contributed by atoms with Gasteiger partial charge in [-0.15, -0.1) is 0 Å². The molecule has 0 fully saturated rings. The molecular formula is C21H21N3O6. The van der Waals surface area contributed by atoms with Crippen LogP contribution in [0.15, 0.2) is 63.8 Å². The lowest BCUT2D eigenvalue weighted by Gasteiger charge is -2.08. The van der Waals surface area contributed by atoms with Crippen molar-refractivity contribution >= 4 is 29.0 Å². The van der Waals surface area contributed by atoms with Gasteiger partial charge in [0.25, 0.3) is 5.91 Å². The molecule has 0 aliphatic heterocycles. The summed E-state index contributed by atoms with van der Waals surface area (Å²) in [6, 6.07) is 15.5. The van der Waals surface area contributed by atoms with Gasteiger partial charge in [0.05, 0.1) is 5.52 Å². The molecule has 0 aliphatic rings. The van der Waals surface area contributed by atoms with Crippen molar-refractivity contribution in [1.29, 1.82) is 0 Å². The number of esters is 1. The van der Waals surface area contributed by atoms with Crippen molar-refractivity contribution in [2.75, 3.05) is 6.61 Å². The first-order valence-corrected chi connectivity index (χ1v) is 9.38. The molecule has 0 aliphatic carbocycles. The predicted octanol–water partition coefficient (Wildman–Crippen LogP) is 1.94. The molecule has 0 atom stereocenters. The van der Waals surface area contributed by atoms with Crippen molar-refractivity contribution in [2.45, 2.75) is 25.9 Å². The molecule has 0 saturated heterocycles. The molecule has 3 rings (SSSR count). The zero-order valence-electron chi connectivity index (χ0n) is 16.1. The highest BCUT2D eigenvalue weighted by Crippen LogP contribution is 2.12. The highest BCUT2D eigenvalue weighted by atomic mass is 16.5. The van der Waals surface area contributed by atoms with E-state index in [0.29, 0.717) is 17.5 Å². The summed E-state index contributed by atoms with van der Waals surface area (Å²) in [6.07, 6.45) is 0.348. The number of carbonyl (C=O) groups excluding carboxylic acids is 3. The van der Waals surface area contributed by atoms with Crippen LogP contribution in [0, 0.1) is 0 Å². The number of nitrogens with zero attached hydrogens (tertiary/aromatic N) is 1. The van der Waals surface area contributed by atoms with Crippen LogP contribution in [0.4, 0.5) is 4.79 Å². The number of carbonyl (C=O) groups is 3. The summed E-state index contributed by atoms with van der Waals surface area (Å²) < 4.78 is 11.4. The third-order valence-corrected chi connectivity index (χ3v) is 4.25. The molecule has 0 bridgehead atoms. The minimum absolute atomic E-state index is 0.0133. The van der Waals surface area contributed by atoms with Crippen LogP contribution in [0.3, 0.4) is 0 Å². The second-order valence-corrected chi connectivity index (χ2v) is 6.47. The van der Waals surface area contributed by atoms with E-state index in [1.54, 1.807) is 24.3 Å². The van der Waals surface area contributed by atoms with Crippen molar-refractivity contribution < 1.29 is 23.5 Å². The molecule has 0 radical (unpaired) electrons. The minimum atomic E-state index is -0.731. The maximum atomic E-state index is 11.9. The first-order chi connectivity index (χ1) is 14.5. The van der Waals surface area contributed by atoms with E-state index in [2.05, 4.69) is 10.6 Å². The molecular weight excluding hydrogens is 390 g/mol. The smallest absolute Gasteiger partial charge is 0.419 e. The molecule has 0 spiro atoms. The summed E-state index contributed by atoms with van der Waals surface area (Å²) in [6.45, 7) is -0.0208. The number of rotatable bonds is 8. The summed E-state index contributed by atoms with van der Waals surface area (Å²) in [5.74, 6) is -1.83. The third-order valence-electron chi connectivity index (χ3n) is 4.25. The molecule has 30 heavy (non-hydrogen) atoms. The summed E-state index contributed by atoms with van der Waals surface area (Å²) in [7, 11) is 0. The second-order valence-electron chi connectivity index (χ2n) is 6.47. The Kier molecular flexibility index (Phi) is 6.99. The van der Waals surface area contributed by atoms with Gasteiger partial charge in [-0.1, -0.05) is 42.5 Å². The van der Waals surface area contributed by atoms with E-state index in [1.165, 1.54) is 4.57 Å². The predicted molar refractivity (Wildman–Crippen MR) is 107 cm³/mol. The Morgan fingerprint density at radius 2 is 1.73 bits per heavy atom. The Morgan fingerprint density at radius 1 is 1.00 bits per heavy atom. The number of imide groups is 1. The van der Waals surface area contributed by atoms with Crippen LogP contribution in [0.2, 0.25) is 0 Å². The lowest BCUT2D eigenvalue weighted by Crippen LogP contribution is -2.41.